The van der Waals surface area contributed by atoms with Crippen LogP contribution in [0.5, 0.6) is 0 Å². The molecule has 1 atom stereocenters. The summed E-state index contributed by atoms with van der Waals surface area (Å²) in [6.07, 6.45) is 2.23. The number of carbonyl (C=O) groups excluding carboxylic acids is 1. The maximum atomic E-state index is 12.3. The van der Waals surface area contributed by atoms with Crippen LogP contribution in [0.4, 0.5) is 0 Å². The van der Waals surface area contributed by atoms with Crippen molar-refractivity contribution >= 4 is 11.9 Å². The number of nitrogens with zero attached hydrogens (tertiary/aromatic N) is 1. The van der Waals surface area contributed by atoms with Crippen LogP contribution >= 0.6 is 0 Å². The van der Waals surface area contributed by atoms with Gasteiger partial charge in [0.05, 0.1) is 18.6 Å². The number of likely N-dealkylation sites (N-methyl/N-ethyl adjacent to an activating group) is 1. The lowest BCUT2D eigenvalue weighted by molar-refractivity contribution is -0.130. The van der Waals surface area contributed by atoms with Gasteiger partial charge < -0.3 is 14.7 Å². The van der Waals surface area contributed by atoms with E-state index in [1.165, 1.54) is 6.07 Å². The first-order valence-corrected chi connectivity index (χ1v) is 7.21. The summed E-state index contributed by atoms with van der Waals surface area (Å²) in [5, 5.41) is 9.14. The fourth-order valence-electron chi connectivity index (χ4n) is 2.62. The molecule has 1 N–H and O–H groups in total. The largest absolute Gasteiger partial charge is 0.478 e. The van der Waals surface area contributed by atoms with E-state index in [1.807, 2.05) is 0 Å². The second-order valence-electron chi connectivity index (χ2n) is 5.50. The molecular formula is C16H21NO4. The minimum Gasteiger partial charge on any atom is -0.478 e. The molecule has 0 aromatic heterocycles. The number of carboxylic acid groups (broad SMARTS) is 1. The molecule has 114 valence electrons. The Bertz CT molecular complexity index is 509. The average molecular weight is 291 g/mol. The molecule has 1 aliphatic rings. The van der Waals surface area contributed by atoms with Gasteiger partial charge in [0.15, 0.2) is 0 Å². The van der Waals surface area contributed by atoms with Crippen LogP contribution in [0.1, 0.15) is 28.8 Å². The number of carbonyl (C=O) groups is 2. The number of amides is 1. The molecule has 0 aliphatic carbocycles. The van der Waals surface area contributed by atoms with Crippen LogP contribution in [0, 0.1) is 5.92 Å². The summed E-state index contributed by atoms with van der Waals surface area (Å²) in [7, 11) is 1.76. The topological polar surface area (TPSA) is 66.8 Å². The first-order chi connectivity index (χ1) is 10.1. The monoisotopic (exact) mass is 291 g/mol. The Labute approximate surface area is 124 Å². The number of hydrogen-bond donors (Lipinski definition) is 1. The Hall–Kier alpha value is -1.88. The van der Waals surface area contributed by atoms with E-state index in [2.05, 4.69) is 0 Å². The van der Waals surface area contributed by atoms with E-state index in [4.69, 9.17) is 9.84 Å². The van der Waals surface area contributed by atoms with Crippen molar-refractivity contribution in [1.29, 1.82) is 0 Å². The number of aromatic carboxylic acids is 1. The molecule has 1 fully saturated rings. The predicted octanol–water partition coefficient (Wildman–Crippen LogP) is 1.81. The van der Waals surface area contributed by atoms with Crippen LogP contribution in [0.25, 0.3) is 0 Å². The highest BCUT2D eigenvalue weighted by atomic mass is 16.5. The van der Waals surface area contributed by atoms with Gasteiger partial charge in [0.2, 0.25) is 5.91 Å². The van der Waals surface area contributed by atoms with Crippen LogP contribution in [0.3, 0.4) is 0 Å². The summed E-state index contributed by atoms with van der Waals surface area (Å²) in [5.41, 5.74) is 0.752. The molecule has 1 aromatic carbocycles. The number of carboxylic acids is 1. The fourth-order valence-corrected chi connectivity index (χ4v) is 2.62. The number of ether oxygens (including phenoxy) is 1. The molecule has 2 rings (SSSR count). The zero-order valence-corrected chi connectivity index (χ0v) is 12.2. The molecule has 1 unspecified atom stereocenters. The quantitative estimate of drug-likeness (QED) is 0.898. The normalized spacial score (nSPS) is 18.2. The molecule has 0 bridgehead atoms. The molecule has 21 heavy (non-hydrogen) atoms. The van der Waals surface area contributed by atoms with E-state index < -0.39 is 5.97 Å². The third-order valence-corrected chi connectivity index (χ3v) is 3.80. The molecule has 1 amide bonds. The SMILES string of the molecule is CN(CC1CCCOC1)C(=O)Cc1ccccc1C(=O)O. The first kappa shape index (κ1) is 15.5. The highest BCUT2D eigenvalue weighted by Gasteiger charge is 2.20. The van der Waals surface area contributed by atoms with E-state index in [0.29, 0.717) is 24.6 Å². The van der Waals surface area contributed by atoms with Gasteiger partial charge in [-0.05, 0) is 30.4 Å². The van der Waals surface area contributed by atoms with Gasteiger partial charge in [-0.2, -0.15) is 0 Å². The van der Waals surface area contributed by atoms with Crippen LogP contribution in [-0.4, -0.2) is 48.7 Å². The van der Waals surface area contributed by atoms with Gasteiger partial charge in [0.1, 0.15) is 0 Å². The maximum absolute atomic E-state index is 12.3. The fraction of sp³-hybridized carbons (Fsp3) is 0.500. The van der Waals surface area contributed by atoms with Gasteiger partial charge >= 0.3 is 5.97 Å². The second-order valence-corrected chi connectivity index (χ2v) is 5.50. The maximum Gasteiger partial charge on any atom is 0.335 e. The smallest absolute Gasteiger partial charge is 0.335 e. The molecule has 1 saturated heterocycles. The minimum absolute atomic E-state index is 0.0609. The van der Waals surface area contributed by atoms with Gasteiger partial charge in [0, 0.05) is 20.2 Å². The van der Waals surface area contributed by atoms with E-state index in [0.717, 1.165) is 19.4 Å². The van der Waals surface area contributed by atoms with Crippen molar-refractivity contribution in [1.82, 2.24) is 4.90 Å². The lowest BCUT2D eigenvalue weighted by Crippen LogP contribution is -2.36. The van der Waals surface area contributed by atoms with Crippen molar-refractivity contribution in [3.63, 3.8) is 0 Å². The van der Waals surface area contributed by atoms with Crippen LogP contribution in [0.2, 0.25) is 0 Å². The molecule has 5 heteroatoms. The Kier molecular flexibility index (Phi) is 5.33. The van der Waals surface area contributed by atoms with Crippen LogP contribution in [-0.2, 0) is 16.0 Å². The summed E-state index contributed by atoms with van der Waals surface area (Å²) >= 11 is 0. The van der Waals surface area contributed by atoms with Crippen molar-refractivity contribution in [3.05, 3.63) is 35.4 Å². The predicted molar refractivity (Wildman–Crippen MR) is 78.3 cm³/mol. The third-order valence-electron chi connectivity index (χ3n) is 3.80. The van der Waals surface area contributed by atoms with Gasteiger partial charge in [-0.3, -0.25) is 4.79 Å². The second kappa shape index (κ2) is 7.22. The number of rotatable bonds is 5. The summed E-state index contributed by atoms with van der Waals surface area (Å²) in [4.78, 5) is 25.1. The number of hydrogen-bond acceptors (Lipinski definition) is 3. The Morgan fingerprint density at radius 3 is 2.81 bits per heavy atom. The summed E-state index contributed by atoms with van der Waals surface area (Å²) < 4.78 is 5.42. The number of benzene rings is 1. The van der Waals surface area contributed by atoms with Crippen LogP contribution in [0.15, 0.2) is 24.3 Å². The minimum atomic E-state index is -0.998. The van der Waals surface area contributed by atoms with Crippen molar-refractivity contribution < 1.29 is 19.4 Å². The first-order valence-electron chi connectivity index (χ1n) is 7.21. The zero-order chi connectivity index (χ0) is 15.2. The van der Waals surface area contributed by atoms with Gasteiger partial charge in [-0.15, -0.1) is 0 Å². The molecular weight excluding hydrogens is 270 g/mol. The standard InChI is InChI=1S/C16H21NO4/c1-17(10-12-5-4-8-21-11-12)15(18)9-13-6-2-3-7-14(13)16(19)20/h2-3,6-7,12H,4-5,8-11H2,1H3,(H,19,20). The molecule has 1 aliphatic heterocycles. The zero-order valence-electron chi connectivity index (χ0n) is 12.2. The van der Waals surface area contributed by atoms with Crippen molar-refractivity contribution in [2.75, 3.05) is 26.8 Å². The molecule has 1 aromatic rings. The van der Waals surface area contributed by atoms with Crippen molar-refractivity contribution in [3.8, 4) is 0 Å². The van der Waals surface area contributed by atoms with Gasteiger partial charge in [0.25, 0.3) is 0 Å². The molecule has 0 radical (unpaired) electrons. The van der Waals surface area contributed by atoms with E-state index in [-0.39, 0.29) is 17.9 Å². The van der Waals surface area contributed by atoms with Gasteiger partial charge in [-0.1, -0.05) is 18.2 Å². The lowest BCUT2D eigenvalue weighted by Gasteiger charge is -2.27. The van der Waals surface area contributed by atoms with E-state index in [1.54, 1.807) is 30.1 Å². The molecule has 0 saturated carbocycles. The highest BCUT2D eigenvalue weighted by Crippen LogP contribution is 2.16. The van der Waals surface area contributed by atoms with Crippen molar-refractivity contribution in [2.45, 2.75) is 19.3 Å². The van der Waals surface area contributed by atoms with Crippen molar-refractivity contribution in [2.24, 2.45) is 5.92 Å². The Balaban J connectivity index is 1.95. The highest BCUT2D eigenvalue weighted by molar-refractivity contribution is 5.91. The molecule has 1 heterocycles. The molecule has 5 nitrogen and oxygen atoms in total. The summed E-state index contributed by atoms with van der Waals surface area (Å²) in [6.45, 7) is 2.16. The van der Waals surface area contributed by atoms with E-state index in [9.17, 15) is 9.59 Å². The summed E-state index contributed by atoms with van der Waals surface area (Å²) in [5.74, 6) is -0.682. The van der Waals surface area contributed by atoms with Gasteiger partial charge in [-0.25, -0.2) is 4.79 Å². The Morgan fingerprint density at radius 1 is 1.38 bits per heavy atom. The third kappa shape index (κ3) is 4.29. The summed E-state index contributed by atoms with van der Waals surface area (Å²) in [6, 6.07) is 6.64. The lowest BCUT2D eigenvalue weighted by atomic mass is 10.0. The molecule has 0 spiro atoms. The Morgan fingerprint density at radius 2 is 2.14 bits per heavy atom. The average Bonchev–Trinajstić information content (AvgIpc) is 2.48. The van der Waals surface area contributed by atoms with E-state index >= 15 is 0 Å². The van der Waals surface area contributed by atoms with Crippen LogP contribution < -0.4 is 0 Å².